The molecule has 19 heavy (non-hydrogen) atoms. The van der Waals surface area contributed by atoms with Crippen molar-refractivity contribution in [1.82, 2.24) is 15.1 Å². The van der Waals surface area contributed by atoms with E-state index in [-0.39, 0.29) is 0 Å². The Kier molecular flexibility index (Phi) is 3.37. The van der Waals surface area contributed by atoms with Gasteiger partial charge in [0.2, 0.25) is 0 Å². The number of aromatic nitrogens is 2. The third-order valence-electron chi connectivity index (χ3n) is 3.54. The maximum atomic E-state index is 5.61. The number of nitrogens with one attached hydrogen (secondary N) is 1. The van der Waals surface area contributed by atoms with Gasteiger partial charge in [-0.25, -0.2) is 0 Å². The molecule has 0 bridgehead atoms. The van der Waals surface area contributed by atoms with Gasteiger partial charge < -0.3 is 10.6 Å². The highest BCUT2D eigenvalue weighted by atomic mass is 15.3. The molecule has 3 N–H and O–H groups in total. The molecule has 1 fully saturated rings. The van der Waals surface area contributed by atoms with E-state index in [1.165, 1.54) is 5.69 Å². The van der Waals surface area contributed by atoms with E-state index < -0.39 is 0 Å². The summed E-state index contributed by atoms with van der Waals surface area (Å²) in [6.45, 7) is 5.15. The van der Waals surface area contributed by atoms with E-state index in [1.807, 2.05) is 6.07 Å². The van der Waals surface area contributed by atoms with Crippen LogP contribution in [-0.4, -0.2) is 41.3 Å². The summed E-state index contributed by atoms with van der Waals surface area (Å²) in [7, 11) is 0. The topological polar surface area (TPSA) is 61.2 Å². The summed E-state index contributed by atoms with van der Waals surface area (Å²) in [4.78, 5) is 4.85. The molecule has 0 radical (unpaired) electrons. The number of hydrogen-bond acceptors (Lipinski definition) is 4. The SMILES string of the molecule is Nc1cc(CN2CCN(c3ccccc3)CC2)[nH]n1. The third kappa shape index (κ3) is 2.88. The van der Waals surface area contributed by atoms with Crippen molar-refractivity contribution in [2.45, 2.75) is 6.54 Å². The lowest BCUT2D eigenvalue weighted by molar-refractivity contribution is 0.247. The van der Waals surface area contributed by atoms with E-state index in [2.05, 4.69) is 50.3 Å². The molecule has 0 saturated carbocycles. The van der Waals surface area contributed by atoms with E-state index in [4.69, 9.17) is 5.73 Å². The Morgan fingerprint density at radius 1 is 1.11 bits per heavy atom. The zero-order valence-corrected chi connectivity index (χ0v) is 10.9. The van der Waals surface area contributed by atoms with E-state index >= 15 is 0 Å². The molecule has 0 amide bonds. The molecular formula is C14H19N5. The van der Waals surface area contributed by atoms with Crippen LogP contribution in [-0.2, 0) is 6.54 Å². The molecule has 1 aromatic heterocycles. The number of nitrogens with two attached hydrogens (primary N) is 1. The Balaban J connectivity index is 1.55. The quantitative estimate of drug-likeness (QED) is 0.870. The molecule has 2 heterocycles. The number of anilines is 2. The number of nitrogens with zero attached hydrogens (tertiary/aromatic N) is 3. The minimum Gasteiger partial charge on any atom is -0.382 e. The van der Waals surface area contributed by atoms with Gasteiger partial charge >= 0.3 is 0 Å². The van der Waals surface area contributed by atoms with Crippen molar-refractivity contribution in [3.05, 3.63) is 42.1 Å². The van der Waals surface area contributed by atoms with Crippen molar-refractivity contribution in [1.29, 1.82) is 0 Å². The molecule has 2 aromatic rings. The van der Waals surface area contributed by atoms with Crippen LogP contribution in [0.1, 0.15) is 5.69 Å². The normalized spacial score (nSPS) is 16.7. The minimum atomic E-state index is 0.568. The Morgan fingerprint density at radius 3 is 2.47 bits per heavy atom. The standard InChI is InChI=1S/C14H19N5/c15-14-10-12(16-17-14)11-18-6-8-19(9-7-18)13-4-2-1-3-5-13/h1-5,10H,6-9,11H2,(H3,15,16,17). The summed E-state index contributed by atoms with van der Waals surface area (Å²) in [5.74, 6) is 0.568. The average molecular weight is 257 g/mol. The zero-order chi connectivity index (χ0) is 13.1. The van der Waals surface area contributed by atoms with Crippen LogP contribution in [0.25, 0.3) is 0 Å². The number of hydrogen-bond donors (Lipinski definition) is 2. The fourth-order valence-corrected chi connectivity index (χ4v) is 2.50. The predicted octanol–water partition coefficient (Wildman–Crippen LogP) is 1.31. The molecule has 0 aliphatic carbocycles. The zero-order valence-electron chi connectivity index (χ0n) is 10.9. The van der Waals surface area contributed by atoms with Crippen LogP contribution in [0.5, 0.6) is 0 Å². The fraction of sp³-hybridized carbons (Fsp3) is 0.357. The van der Waals surface area contributed by atoms with Gasteiger partial charge in [-0.05, 0) is 12.1 Å². The molecule has 1 saturated heterocycles. The Bertz CT molecular complexity index is 514. The van der Waals surface area contributed by atoms with Crippen molar-refractivity contribution in [2.75, 3.05) is 36.8 Å². The molecule has 100 valence electrons. The van der Waals surface area contributed by atoms with Crippen LogP contribution in [0.2, 0.25) is 0 Å². The van der Waals surface area contributed by atoms with Gasteiger partial charge in [-0.3, -0.25) is 10.00 Å². The highest BCUT2D eigenvalue weighted by Crippen LogP contribution is 2.16. The first-order chi connectivity index (χ1) is 9.31. The first-order valence-electron chi connectivity index (χ1n) is 6.63. The third-order valence-corrected chi connectivity index (χ3v) is 3.54. The monoisotopic (exact) mass is 257 g/mol. The predicted molar refractivity (Wildman–Crippen MR) is 76.9 cm³/mol. The summed E-state index contributed by atoms with van der Waals surface area (Å²) in [5.41, 5.74) is 8.01. The minimum absolute atomic E-state index is 0.568. The first-order valence-corrected chi connectivity index (χ1v) is 6.63. The summed E-state index contributed by atoms with van der Waals surface area (Å²) in [5, 5.41) is 6.93. The van der Waals surface area contributed by atoms with E-state index in [0.717, 1.165) is 38.4 Å². The maximum Gasteiger partial charge on any atom is 0.145 e. The number of nitrogen functional groups attached to an aromatic ring is 1. The lowest BCUT2D eigenvalue weighted by Gasteiger charge is -2.35. The first kappa shape index (κ1) is 12.0. The maximum absolute atomic E-state index is 5.61. The summed E-state index contributed by atoms with van der Waals surface area (Å²) >= 11 is 0. The lowest BCUT2D eigenvalue weighted by Crippen LogP contribution is -2.46. The second-order valence-corrected chi connectivity index (χ2v) is 4.92. The van der Waals surface area contributed by atoms with Crippen molar-refractivity contribution >= 4 is 11.5 Å². The van der Waals surface area contributed by atoms with E-state index in [0.29, 0.717) is 5.82 Å². The van der Waals surface area contributed by atoms with Crippen LogP contribution < -0.4 is 10.6 Å². The van der Waals surface area contributed by atoms with Gasteiger partial charge in [0.05, 0.1) is 5.69 Å². The number of H-pyrrole nitrogens is 1. The van der Waals surface area contributed by atoms with Crippen LogP contribution in [0, 0.1) is 0 Å². The summed E-state index contributed by atoms with van der Waals surface area (Å²) in [6.07, 6.45) is 0. The summed E-state index contributed by atoms with van der Waals surface area (Å²) in [6, 6.07) is 12.5. The van der Waals surface area contributed by atoms with Crippen LogP contribution in [0.15, 0.2) is 36.4 Å². The van der Waals surface area contributed by atoms with E-state index in [9.17, 15) is 0 Å². The molecule has 1 aliphatic heterocycles. The largest absolute Gasteiger partial charge is 0.382 e. The van der Waals surface area contributed by atoms with Gasteiger partial charge in [0.15, 0.2) is 0 Å². The number of aromatic amines is 1. The summed E-state index contributed by atoms with van der Waals surface area (Å²) < 4.78 is 0. The molecule has 5 nitrogen and oxygen atoms in total. The molecule has 0 unspecified atom stereocenters. The second kappa shape index (κ2) is 5.32. The number of para-hydroxylation sites is 1. The Morgan fingerprint density at radius 2 is 1.84 bits per heavy atom. The van der Waals surface area contributed by atoms with Crippen LogP contribution >= 0.6 is 0 Å². The molecule has 3 rings (SSSR count). The number of benzene rings is 1. The van der Waals surface area contributed by atoms with Crippen LogP contribution in [0.4, 0.5) is 11.5 Å². The van der Waals surface area contributed by atoms with Gasteiger partial charge in [-0.2, -0.15) is 5.10 Å². The van der Waals surface area contributed by atoms with Crippen molar-refractivity contribution in [2.24, 2.45) is 0 Å². The van der Waals surface area contributed by atoms with Gasteiger partial charge in [0, 0.05) is 44.5 Å². The van der Waals surface area contributed by atoms with Gasteiger partial charge in [0.1, 0.15) is 5.82 Å². The average Bonchev–Trinajstić information content (AvgIpc) is 2.86. The highest BCUT2D eigenvalue weighted by molar-refractivity contribution is 5.46. The smallest absolute Gasteiger partial charge is 0.145 e. The fourth-order valence-electron chi connectivity index (χ4n) is 2.50. The van der Waals surface area contributed by atoms with E-state index in [1.54, 1.807) is 0 Å². The van der Waals surface area contributed by atoms with Gasteiger partial charge in [-0.1, -0.05) is 18.2 Å². The lowest BCUT2D eigenvalue weighted by atomic mass is 10.2. The number of piperazine rings is 1. The molecule has 5 heteroatoms. The van der Waals surface area contributed by atoms with Gasteiger partial charge in [0.25, 0.3) is 0 Å². The van der Waals surface area contributed by atoms with Crippen LogP contribution in [0.3, 0.4) is 0 Å². The Hall–Kier alpha value is -2.01. The molecule has 0 spiro atoms. The van der Waals surface area contributed by atoms with Crippen molar-refractivity contribution in [3.63, 3.8) is 0 Å². The number of rotatable bonds is 3. The Labute approximate surface area is 113 Å². The van der Waals surface area contributed by atoms with Crippen molar-refractivity contribution < 1.29 is 0 Å². The van der Waals surface area contributed by atoms with Crippen molar-refractivity contribution in [3.8, 4) is 0 Å². The highest BCUT2D eigenvalue weighted by Gasteiger charge is 2.17. The molecular weight excluding hydrogens is 238 g/mol. The van der Waals surface area contributed by atoms with Gasteiger partial charge in [-0.15, -0.1) is 0 Å². The molecule has 1 aliphatic rings. The molecule has 1 aromatic carbocycles. The molecule has 0 atom stereocenters. The second-order valence-electron chi connectivity index (χ2n) is 4.92.